The molecule has 3 nitrogen and oxygen atoms in total. The maximum Gasteiger partial charge on any atom is 0.573 e. The monoisotopic (exact) mass is 339 g/mol. The predicted molar refractivity (Wildman–Crippen MR) is 50.2 cm³/mol. The van der Waals surface area contributed by atoms with Crippen LogP contribution in [0.15, 0.2) is 6.20 Å². The Bertz CT molecular complexity index is 444. The minimum Gasteiger partial charge on any atom is -0.503 e. The lowest BCUT2D eigenvalue weighted by Crippen LogP contribution is -2.20. The van der Waals surface area contributed by atoms with Gasteiger partial charge in [0.2, 0.25) is 0 Å². The van der Waals surface area contributed by atoms with Crippen molar-refractivity contribution in [2.75, 3.05) is 0 Å². The van der Waals surface area contributed by atoms with Crippen molar-refractivity contribution in [1.29, 1.82) is 0 Å². The van der Waals surface area contributed by atoms with E-state index < -0.39 is 40.6 Å². The molecule has 10 heteroatoms. The number of aromatic hydroxyl groups is 1. The molecule has 0 spiro atoms. The Balaban J connectivity index is 3.40. The average Bonchev–Trinajstić information content (AvgIpc) is 2.17. The fourth-order valence-electron chi connectivity index (χ4n) is 1.12. The molecule has 0 saturated heterocycles. The molecule has 0 atom stereocenters. The van der Waals surface area contributed by atoms with Gasteiger partial charge in [-0.2, -0.15) is 13.2 Å². The van der Waals surface area contributed by atoms with Crippen molar-refractivity contribution in [3.8, 4) is 11.5 Å². The van der Waals surface area contributed by atoms with E-state index in [1.807, 2.05) is 0 Å². The van der Waals surface area contributed by atoms with Gasteiger partial charge in [0.1, 0.15) is 0 Å². The summed E-state index contributed by atoms with van der Waals surface area (Å²) in [6, 6.07) is 0. The molecule has 0 aliphatic heterocycles. The highest BCUT2D eigenvalue weighted by atomic mass is 79.9. The summed E-state index contributed by atoms with van der Waals surface area (Å²) in [5.74, 6) is -2.45. The second-order valence-corrected chi connectivity index (χ2v) is 3.54. The maximum atomic E-state index is 12.5. The zero-order chi connectivity index (χ0) is 14.1. The number of halogens is 7. The number of alkyl halides is 7. The van der Waals surface area contributed by atoms with Gasteiger partial charge in [-0.1, -0.05) is 15.9 Å². The third kappa shape index (κ3) is 3.40. The van der Waals surface area contributed by atoms with Crippen LogP contribution in [0.1, 0.15) is 11.3 Å². The highest BCUT2D eigenvalue weighted by Crippen LogP contribution is 2.41. The minimum absolute atomic E-state index is 0.246. The fourth-order valence-corrected chi connectivity index (χ4v) is 1.64. The Morgan fingerprint density at radius 3 is 2.17 bits per heavy atom. The van der Waals surface area contributed by atoms with E-state index in [2.05, 4.69) is 25.7 Å². The van der Waals surface area contributed by atoms with Crippen molar-refractivity contribution < 1.29 is 36.2 Å². The Kier molecular flexibility index (Phi) is 3.99. The van der Waals surface area contributed by atoms with Gasteiger partial charge < -0.3 is 9.84 Å². The normalized spacial score (nSPS) is 12.6. The first kappa shape index (κ1) is 14.9. The van der Waals surface area contributed by atoms with Crippen LogP contribution in [0.5, 0.6) is 11.5 Å². The molecule has 1 aromatic rings. The molecule has 0 aliphatic carbocycles. The number of aromatic nitrogens is 1. The number of hydrogen-bond acceptors (Lipinski definition) is 3. The lowest BCUT2D eigenvalue weighted by molar-refractivity contribution is -0.275. The van der Waals surface area contributed by atoms with Gasteiger partial charge in [0.25, 0.3) is 0 Å². The molecule has 102 valence electrons. The highest BCUT2D eigenvalue weighted by Gasteiger charge is 2.40. The zero-order valence-electron chi connectivity index (χ0n) is 8.23. The molecule has 1 aromatic heterocycles. The van der Waals surface area contributed by atoms with Crippen molar-refractivity contribution in [2.45, 2.75) is 17.9 Å². The number of pyridine rings is 1. The second kappa shape index (κ2) is 4.82. The SMILES string of the molecule is Oc1cnc(C(F)(F)F)c(CBr)c1OC(F)(F)F. The third-order valence-electron chi connectivity index (χ3n) is 1.73. The van der Waals surface area contributed by atoms with Crippen molar-refractivity contribution in [3.05, 3.63) is 17.5 Å². The molecule has 1 heterocycles. The Hall–Kier alpha value is -1.19. The predicted octanol–water partition coefficient (Wildman–Crippen LogP) is 3.60. The molecule has 0 aliphatic rings. The molecule has 0 unspecified atom stereocenters. The molecule has 18 heavy (non-hydrogen) atoms. The van der Waals surface area contributed by atoms with E-state index in [0.29, 0.717) is 0 Å². The quantitative estimate of drug-likeness (QED) is 0.661. The fraction of sp³-hybridized carbons (Fsp3) is 0.375. The van der Waals surface area contributed by atoms with Crippen LogP contribution in [0.25, 0.3) is 0 Å². The molecule has 0 amide bonds. The van der Waals surface area contributed by atoms with E-state index >= 15 is 0 Å². The number of ether oxygens (including phenoxy) is 1. The van der Waals surface area contributed by atoms with Gasteiger partial charge in [0.05, 0.1) is 6.20 Å². The van der Waals surface area contributed by atoms with E-state index in [1.165, 1.54) is 0 Å². The van der Waals surface area contributed by atoms with Crippen LogP contribution < -0.4 is 4.74 Å². The van der Waals surface area contributed by atoms with E-state index in [-0.39, 0.29) is 6.20 Å². The van der Waals surface area contributed by atoms with Gasteiger partial charge >= 0.3 is 12.5 Å². The van der Waals surface area contributed by atoms with Gasteiger partial charge in [-0.05, 0) is 0 Å². The smallest absolute Gasteiger partial charge is 0.503 e. The summed E-state index contributed by atoms with van der Waals surface area (Å²) in [7, 11) is 0. The van der Waals surface area contributed by atoms with Gasteiger partial charge in [-0.15, -0.1) is 13.2 Å². The summed E-state index contributed by atoms with van der Waals surface area (Å²) < 4.78 is 76.9. The van der Waals surface area contributed by atoms with Crippen molar-refractivity contribution in [2.24, 2.45) is 0 Å². The topological polar surface area (TPSA) is 42.4 Å². The summed E-state index contributed by atoms with van der Waals surface area (Å²) in [6.07, 6.45) is -9.94. The maximum absolute atomic E-state index is 12.5. The molecule has 1 rings (SSSR count). The van der Waals surface area contributed by atoms with Crippen LogP contribution in [-0.4, -0.2) is 16.5 Å². The summed E-state index contributed by atoms with van der Waals surface area (Å²) in [6.45, 7) is 0. The highest BCUT2D eigenvalue weighted by molar-refractivity contribution is 9.08. The van der Waals surface area contributed by atoms with Crippen molar-refractivity contribution in [3.63, 3.8) is 0 Å². The van der Waals surface area contributed by atoms with Crippen LogP contribution in [0.3, 0.4) is 0 Å². The molecule has 1 N–H and O–H groups in total. The number of hydrogen-bond donors (Lipinski definition) is 1. The molecular formula is C8H4BrF6NO2. The Morgan fingerprint density at radius 1 is 1.22 bits per heavy atom. The third-order valence-corrected chi connectivity index (χ3v) is 2.29. The summed E-state index contributed by atoms with van der Waals surface area (Å²) in [5.41, 5.74) is -2.49. The molecule has 0 radical (unpaired) electrons. The van der Waals surface area contributed by atoms with Crippen LogP contribution in [-0.2, 0) is 11.5 Å². The number of rotatable bonds is 2. The van der Waals surface area contributed by atoms with E-state index in [0.717, 1.165) is 0 Å². The molecule has 0 fully saturated rings. The minimum atomic E-state index is -5.22. The molecule has 0 aromatic carbocycles. The Morgan fingerprint density at radius 2 is 1.78 bits per heavy atom. The van der Waals surface area contributed by atoms with Gasteiger partial charge in [0.15, 0.2) is 17.2 Å². The zero-order valence-corrected chi connectivity index (χ0v) is 9.82. The largest absolute Gasteiger partial charge is 0.573 e. The number of nitrogens with zero attached hydrogens (tertiary/aromatic N) is 1. The summed E-state index contributed by atoms with van der Waals surface area (Å²) >= 11 is 2.59. The van der Waals surface area contributed by atoms with Crippen LogP contribution in [0.4, 0.5) is 26.3 Å². The van der Waals surface area contributed by atoms with Gasteiger partial charge in [-0.25, -0.2) is 4.98 Å². The first-order valence-electron chi connectivity index (χ1n) is 4.16. The van der Waals surface area contributed by atoms with Crippen LogP contribution >= 0.6 is 15.9 Å². The van der Waals surface area contributed by atoms with Crippen molar-refractivity contribution >= 4 is 15.9 Å². The van der Waals surface area contributed by atoms with Crippen LogP contribution in [0.2, 0.25) is 0 Å². The van der Waals surface area contributed by atoms with E-state index in [4.69, 9.17) is 5.11 Å². The lowest BCUT2D eigenvalue weighted by Gasteiger charge is -2.17. The summed E-state index contributed by atoms with van der Waals surface area (Å²) in [5, 5.41) is 8.48. The average molecular weight is 340 g/mol. The first-order valence-corrected chi connectivity index (χ1v) is 5.28. The van der Waals surface area contributed by atoms with Gasteiger partial charge in [-0.3, -0.25) is 0 Å². The Labute approximate surface area is 105 Å². The lowest BCUT2D eigenvalue weighted by atomic mass is 10.2. The van der Waals surface area contributed by atoms with E-state index in [1.54, 1.807) is 0 Å². The second-order valence-electron chi connectivity index (χ2n) is 2.98. The summed E-state index contributed by atoms with van der Waals surface area (Å²) in [4.78, 5) is 2.86. The first-order chi connectivity index (χ1) is 8.06. The van der Waals surface area contributed by atoms with Gasteiger partial charge in [0, 0.05) is 10.9 Å². The standard InChI is InChI=1S/C8H4BrF6NO2/c9-1-3-5(18-8(13,14)15)4(17)2-16-6(3)7(10,11)12/h2,17H,1H2. The van der Waals surface area contributed by atoms with Crippen LogP contribution in [0, 0.1) is 0 Å². The van der Waals surface area contributed by atoms with E-state index in [9.17, 15) is 26.3 Å². The molecule has 0 bridgehead atoms. The van der Waals surface area contributed by atoms with Crippen molar-refractivity contribution in [1.82, 2.24) is 4.98 Å². The molecule has 0 saturated carbocycles. The molecular weight excluding hydrogens is 336 g/mol.